The molecular weight excluding hydrogens is 288 g/mol. The Morgan fingerprint density at radius 3 is 2.81 bits per heavy atom. The van der Waals surface area contributed by atoms with Crippen LogP contribution < -0.4 is 5.32 Å². The molecule has 0 saturated heterocycles. The largest absolute Gasteiger partial charge is 0.481 e. The zero-order valence-corrected chi connectivity index (χ0v) is 13.1. The van der Waals surface area contributed by atoms with E-state index >= 15 is 0 Å². The number of nitrogens with one attached hydrogen (secondary N) is 1. The first-order valence-corrected chi connectivity index (χ1v) is 8.32. The van der Waals surface area contributed by atoms with E-state index in [1.54, 1.807) is 16.2 Å². The highest BCUT2D eigenvalue weighted by Gasteiger charge is 2.33. The van der Waals surface area contributed by atoms with Crippen molar-refractivity contribution in [1.29, 1.82) is 0 Å². The number of amides is 2. The molecule has 1 aliphatic rings. The molecule has 1 aromatic heterocycles. The lowest BCUT2D eigenvalue weighted by molar-refractivity contribution is -0.137. The molecule has 2 N–H and O–H groups in total. The zero-order valence-electron chi connectivity index (χ0n) is 12.2. The third-order valence-electron chi connectivity index (χ3n) is 3.58. The number of aliphatic carboxylic acids is 1. The van der Waals surface area contributed by atoms with Gasteiger partial charge in [-0.25, -0.2) is 4.79 Å². The summed E-state index contributed by atoms with van der Waals surface area (Å²) >= 11 is 1.64. The maximum Gasteiger partial charge on any atom is 0.318 e. The second-order valence-electron chi connectivity index (χ2n) is 5.37. The fraction of sp³-hybridized carbons (Fsp3) is 0.600. The summed E-state index contributed by atoms with van der Waals surface area (Å²) < 4.78 is 0. The number of nitrogens with zero attached hydrogens (tertiary/aromatic N) is 1. The van der Waals surface area contributed by atoms with Gasteiger partial charge in [-0.1, -0.05) is 19.4 Å². The quantitative estimate of drug-likeness (QED) is 0.774. The van der Waals surface area contributed by atoms with E-state index in [0.29, 0.717) is 0 Å². The lowest BCUT2D eigenvalue weighted by Crippen LogP contribution is -2.43. The highest BCUT2D eigenvalue weighted by atomic mass is 32.1. The van der Waals surface area contributed by atoms with Crippen molar-refractivity contribution in [2.24, 2.45) is 0 Å². The van der Waals surface area contributed by atoms with Crippen LogP contribution >= 0.6 is 11.3 Å². The van der Waals surface area contributed by atoms with Crippen molar-refractivity contribution in [3.8, 4) is 0 Å². The average molecular weight is 310 g/mol. The average Bonchev–Trinajstić information content (AvgIpc) is 3.12. The Labute approximate surface area is 129 Å². The van der Waals surface area contributed by atoms with Gasteiger partial charge in [-0.3, -0.25) is 4.79 Å². The van der Waals surface area contributed by atoms with Gasteiger partial charge >= 0.3 is 12.0 Å². The van der Waals surface area contributed by atoms with Gasteiger partial charge in [0, 0.05) is 17.5 Å². The molecule has 116 valence electrons. The van der Waals surface area contributed by atoms with Crippen LogP contribution in [0.5, 0.6) is 0 Å². The molecule has 0 aliphatic heterocycles. The summed E-state index contributed by atoms with van der Waals surface area (Å²) in [5, 5.41) is 13.9. The van der Waals surface area contributed by atoms with E-state index in [9.17, 15) is 9.59 Å². The highest BCUT2D eigenvalue weighted by molar-refractivity contribution is 7.10. The molecule has 0 spiro atoms. The third-order valence-corrected chi connectivity index (χ3v) is 4.56. The molecule has 5 nitrogen and oxygen atoms in total. The SMILES string of the molecule is CCCC(NC(=O)N(CCC(=O)O)C1CC1)c1cccs1. The van der Waals surface area contributed by atoms with E-state index in [1.165, 1.54) is 0 Å². The topological polar surface area (TPSA) is 69.6 Å². The first-order valence-electron chi connectivity index (χ1n) is 7.44. The Kier molecular flexibility index (Phi) is 5.61. The molecule has 0 aromatic carbocycles. The summed E-state index contributed by atoms with van der Waals surface area (Å²) in [4.78, 5) is 26.0. The molecule has 2 amide bonds. The maximum atomic E-state index is 12.4. The van der Waals surface area contributed by atoms with Gasteiger partial charge < -0.3 is 15.3 Å². The van der Waals surface area contributed by atoms with Crippen LogP contribution in [0.2, 0.25) is 0 Å². The number of rotatable bonds is 8. The Morgan fingerprint density at radius 2 is 2.29 bits per heavy atom. The van der Waals surface area contributed by atoms with Gasteiger partial charge in [0.2, 0.25) is 0 Å². The first kappa shape index (κ1) is 15.8. The van der Waals surface area contributed by atoms with Crippen LogP contribution in [0, 0.1) is 0 Å². The second-order valence-corrected chi connectivity index (χ2v) is 6.35. The minimum atomic E-state index is -0.864. The second kappa shape index (κ2) is 7.45. The molecule has 21 heavy (non-hydrogen) atoms. The van der Waals surface area contributed by atoms with Crippen molar-refractivity contribution in [1.82, 2.24) is 10.2 Å². The van der Waals surface area contributed by atoms with Crippen molar-refractivity contribution in [2.75, 3.05) is 6.54 Å². The molecule has 2 rings (SSSR count). The molecule has 1 fully saturated rings. The molecule has 1 saturated carbocycles. The fourth-order valence-corrected chi connectivity index (χ4v) is 3.16. The van der Waals surface area contributed by atoms with E-state index in [2.05, 4.69) is 12.2 Å². The smallest absolute Gasteiger partial charge is 0.318 e. The van der Waals surface area contributed by atoms with Crippen LogP contribution in [-0.2, 0) is 4.79 Å². The van der Waals surface area contributed by atoms with Crippen molar-refractivity contribution in [3.05, 3.63) is 22.4 Å². The predicted molar refractivity (Wildman–Crippen MR) is 82.5 cm³/mol. The van der Waals surface area contributed by atoms with Gasteiger partial charge in [0.1, 0.15) is 0 Å². The molecular formula is C15H22N2O3S. The summed E-state index contributed by atoms with van der Waals surface area (Å²) in [7, 11) is 0. The maximum absolute atomic E-state index is 12.4. The standard InChI is InChI=1S/C15H22N2O3S/c1-2-4-12(13-5-3-10-21-13)16-15(20)17(11-6-7-11)9-8-14(18)19/h3,5,10-12H,2,4,6-9H2,1H3,(H,16,20)(H,18,19). The summed E-state index contributed by atoms with van der Waals surface area (Å²) in [6.45, 7) is 2.38. The lowest BCUT2D eigenvalue weighted by atomic mass is 10.1. The summed E-state index contributed by atoms with van der Waals surface area (Å²) in [6, 6.07) is 4.12. The number of hydrogen-bond donors (Lipinski definition) is 2. The van der Waals surface area contributed by atoms with E-state index in [1.807, 2.05) is 17.5 Å². The van der Waals surface area contributed by atoms with Crippen molar-refractivity contribution < 1.29 is 14.7 Å². The van der Waals surface area contributed by atoms with Crippen LogP contribution in [0.3, 0.4) is 0 Å². The minimum absolute atomic E-state index is 0.00136. The molecule has 1 aromatic rings. The zero-order chi connectivity index (χ0) is 15.2. The van der Waals surface area contributed by atoms with Crippen molar-refractivity contribution in [2.45, 2.75) is 51.1 Å². The molecule has 1 heterocycles. The normalized spacial score (nSPS) is 15.5. The number of carboxylic acids is 1. The Hall–Kier alpha value is -1.56. The minimum Gasteiger partial charge on any atom is -0.481 e. The number of carbonyl (C=O) groups excluding carboxylic acids is 1. The number of carboxylic acid groups (broad SMARTS) is 1. The van der Waals surface area contributed by atoms with E-state index in [-0.39, 0.29) is 31.1 Å². The van der Waals surface area contributed by atoms with E-state index in [4.69, 9.17) is 5.11 Å². The lowest BCUT2D eigenvalue weighted by Gasteiger charge is -2.25. The van der Waals surface area contributed by atoms with Crippen LogP contribution in [0.4, 0.5) is 4.79 Å². The van der Waals surface area contributed by atoms with Gasteiger partial charge in [-0.05, 0) is 30.7 Å². The molecule has 6 heteroatoms. The van der Waals surface area contributed by atoms with Gasteiger partial charge in [0.15, 0.2) is 0 Å². The third kappa shape index (κ3) is 4.74. The van der Waals surface area contributed by atoms with Gasteiger partial charge in [0.25, 0.3) is 0 Å². The molecule has 1 unspecified atom stereocenters. The molecule has 0 radical (unpaired) electrons. The molecule has 1 atom stereocenters. The Morgan fingerprint density at radius 1 is 1.52 bits per heavy atom. The predicted octanol–water partition coefficient (Wildman–Crippen LogP) is 3.24. The van der Waals surface area contributed by atoms with Crippen LogP contribution in [0.15, 0.2) is 17.5 Å². The van der Waals surface area contributed by atoms with Crippen LogP contribution in [0.1, 0.15) is 49.9 Å². The van der Waals surface area contributed by atoms with Gasteiger partial charge in [-0.2, -0.15) is 0 Å². The van der Waals surface area contributed by atoms with E-state index in [0.717, 1.165) is 30.6 Å². The van der Waals surface area contributed by atoms with Crippen molar-refractivity contribution in [3.63, 3.8) is 0 Å². The first-order chi connectivity index (χ1) is 10.1. The summed E-state index contributed by atoms with van der Waals surface area (Å²) in [5.74, 6) is -0.864. The Bertz CT molecular complexity index is 471. The van der Waals surface area contributed by atoms with Crippen molar-refractivity contribution >= 4 is 23.3 Å². The summed E-state index contributed by atoms with van der Waals surface area (Å²) in [6.07, 6.45) is 3.83. The fourth-order valence-electron chi connectivity index (χ4n) is 2.35. The highest BCUT2D eigenvalue weighted by Crippen LogP contribution is 2.28. The van der Waals surface area contributed by atoms with Crippen LogP contribution in [-0.4, -0.2) is 34.6 Å². The Balaban J connectivity index is 1.97. The van der Waals surface area contributed by atoms with Gasteiger partial charge in [0.05, 0.1) is 12.5 Å². The molecule has 0 bridgehead atoms. The monoisotopic (exact) mass is 310 g/mol. The molecule has 1 aliphatic carbocycles. The van der Waals surface area contributed by atoms with E-state index < -0.39 is 5.97 Å². The number of hydrogen-bond acceptors (Lipinski definition) is 3. The number of carbonyl (C=O) groups is 2. The number of thiophene rings is 1. The summed E-state index contributed by atoms with van der Waals surface area (Å²) in [5.41, 5.74) is 0. The van der Waals surface area contributed by atoms with Gasteiger partial charge in [-0.15, -0.1) is 11.3 Å². The number of urea groups is 1. The van der Waals surface area contributed by atoms with Crippen LogP contribution in [0.25, 0.3) is 0 Å².